The van der Waals surface area contributed by atoms with Gasteiger partial charge in [-0.15, -0.1) is 0 Å². The summed E-state index contributed by atoms with van der Waals surface area (Å²) >= 11 is 0. The average Bonchev–Trinajstić information content (AvgIpc) is 2.66. The summed E-state index contributed by atoms with van der Waals surface area (Å²) in [7, 11) is -3.66. The van der Waals surface area contributed by atoms with E-state index in [9.17, 15) is 22.4 Å². The molecule has 0 aliphatic heterocycles. The first-order chi connectivity index (χ1) is 13.6. The van der Waals surface area contributed by atoms with E-state index >= 15 is 0 Å². The molecule has 1 unspecified atom stereocenters. The molecule has 0 aliphatic carbocycles. The average molecular weight is 423 g/mol. The molecule has 29 heavy (non-hydrogen) atoms. The molecule has 8 nitrogen and oxygen atoms in total. The number of amides is 2. The molecule has 0 radical (unpaired) electrons. The number of carbonyl (C=O) groups is 2. The van der Waals surface area contributed by atoms with Crippen LogP contribution in [0.3, 0.4) is 0 Å². The van der Waals surface area contributed by atoms with Crippen LogP contribution < -0.4 is 20.3 Å². The first kappa shape index (κ1) is 22.3. The highest BCUT2D eigenvalue weighted by molar-refractivity contribution is 7.89. The van der Waals surface area contributed by atoms with Crippen LogP contribution in [0.15, 0.2) is 53.4 Å². The molecule has 0 aliphatic rings. The van der Waals surface area contributed by atoms with Crippen molar-refractivity contribution in [3.8, 4) is 5.75 Å². The molecule has 0 aromatic heterocycles. The Morgan fingerprint density at radius 2 is 1.52 bits per heavy atom. The van der Waals surface area contributed by atoms with Gasteiger partial charge in [0.2, 0.25) is 10.0 Å². The molecule has 0 fully saturated rings. The minimum Gasteiger partial charge on any atom is -0.481 e. The Kier molecular flexibility index (Phi) is 7.29. The number of hydrazine groups is 1. The van der Waals surface area contributed by atoms with Gasteiger partial charge in [-0.05, 0) is 69.3 Å². The zero-order valence-electron chi connectivity index (χ0n) is 16.1. The fraction of sp³-hybridized carbons (Fsp3) is 0.263. The lowest BCUT2D eigenvalue weighted by atomic mass is 10.2. The molecule has 2 rings (SSSR count). The van der Waals surface area contributed by atoms with E-state index in [1.165, 1.54) is 55.5 Å². The number of ether oxygens (including phenoxy) is 1. The van der Waals surface area contributed by atoms with Crippen LogP contribution in [-0.2, 0) is 14.8 Å². The van der Waals surface area contributed by atoms with Gasteiger partial charge in [-0.2, -0.15) is 0 Å². The van der Waals surface area contributed by atoms with E-state index in [0.29, 0.717) is 5.75 Å². The lowest BCUT2D eigenvalue weighted by Crippen LogP contribution is -2.47. The van der Waals surface area contributed by atoms with Crippen molar-refractivity contribution in [3.63, 3.8) is 0 Å². The van der Waals surface area contributed by atoms with Crippen LogP contribution in [0.4, 0.5) is 4.39 Å². The molecule has 0 saturated heterocycles. The molecule has 0 bridgehead atoms. The maximum atomic E-state index is 12.9. The normalized spacial score (nSPS) is 12.3. The number of hydrogen-bond donors (Lipinski definition) is 3. The van der Waals surface area contributed by atoms with E-state index in [-0.39, 0.29) is 16.5 Å². The second-order valence-electron chi connectivity index (χ2n) is 6.46. The first-order valence-corrected chi connectivity index (χ1v) is 10.2. The number of halogens is 1. The molecule has 2 aromatic carbocycles. The highest BCUT2D eigenvalue weighted by Crippen LogP contribution is 2.13. The minimum atomic E-state index is -3.66. The van der Waals surface area contributed by atoms with Crippen molar-refractivity contribution >= 4 is 21.8 Å². The third-order valence-corrected chi connectivity index (χ3v) is 5.29. The third-order valence-electron chi connectivity index (χ3n) is 3.61. The summed E-state index contributed by atoms with van der Waals surface area (Å²) in [5.74, 6) is -1.39. The Hall–Kier alpha value is -2.98. The molecule has 0 heterocycles. The monoisotopic (exact) mass is 423 g/mol. The zero-order valence-corrected chi connectivity index (χ0v) is 16.9. The summed E-state index contributed by atoms with van der Waals surface area (Å²) in [6.45, 7) is 4.86. The summed E-state index contributed by atoms with van der Waals surface area (Å²) in [5, 5.41) is 0. The van der Waals surface area contributed by atoms with Crippen LogP contribution in [0, 0.1) is 5.82 Å². The number of hydrogen-bond acceptors (Lipinski definition) is 5. The number of carbonyl (C=O) groups excluding carboxylic acids is 2. The maximum absolute atomic E-state index is 12.9. The molecule has 2 aromatic rings. The van der Waals surface area contributed by atoms with Crippen molar-refractivity contribution in [2.45, 2.75) is 37.8 Å². The second-order valence-corrected chi connectivity index (χ2v) is 8.17. The van der Waals surface area contributed by atoms with Gasteiger partial charge >= 0.3 is 0 Å². The van der Waals surface area contributed by atoms with E-state index < -0.39 is 33.8 Å². The maximum Gasteiger partial charge on any atom is 0.279 e. The zero-order chi connectivity index (χ0) is 21.6. The largest absolute Gasteiger partial charge is 0.481 e. The predicted molar refractivity (Wildman–Crippen MR) is 104 cm³/mol. The van der Waals surface area contributed by atoms with Crippen LogP contribution in [0.5, 0.6) is 5.75 Å². The quantitative estimate of drug-likeness (QED) is 0.587. The van der Waals surface area contributed by atoms with E-state index in [4.69, 9.17) is 4.74 Å². The fourth-order valence-electron chi connectivity index (χ4n) is 2.23. The van der Waals surface area contributed by atoms with Crippen molar-refractivity contribution < 1.29 is 27.1 Å². The van der Waals surface area contributed by atoms with Crippen molar-refractivity contribution in [1.29, 1.82) is 0 Å². The summed E-state index contributed by atoms with van der Waals surface area (Å²) in [4.78, 5) is 24.2. The van der Waals surface area contributed by atoms with Crippen LogP contribution in [0.1, 0.15) is 31.1 Å². The van der Waals surface area contributed by atoms with Crippen molar-refractivity contribution in [1.82, 2.24) is 15.6 Å². The molecule has 0 saturated carbocycles. The van der Waals surface area contributed by atoms with E-state index in [0.717, 1.165) is 0 Å². The second kappa shape index (κ2) is 9.48. The minimum absolute atomic E-state index is 0.0214. The number of benzene rings is 2. The molecule has 156 valence electrons. The molecule has 1 atom stereocenters. The fourth-order valence-corrected chi connectivity index (χ4v) is 3.48. The number of rotatable bonds is 7. The summed E-state index contributed by atoms with van der Waals surface area (Å²) in [5.41, 5.74) is 4.59. The molecule has 2 amide bonds. The molecule has 10 heteroatoms. The first-order valence-electron chi connectivity index (χ1n) is 8.73. The Balaban J connectivity index is 1.91. The van der Waals surface area contributed by atoms with Gasteiger partial charge in [-0.3, -0.25) is 20.4 Å². The highest BCUT2D eigenvalue weighted by Gasteiger charge is 2.18. The molecule has 0 spiro atoms. The van der Waals surface area contributed by atoms with Gasteiger partial charge in [0.05, 0.1) is 4.90 Å². The van der Waals surface area contributed by atoms with E-state index in [1.807, 2.05) is 0 Å². The molecule has 3 N–H and O–H groups in total. The standard InChI is InChI=1S/C19H22FN3O5S/c1-12(2)23-29(26,27)17-10-4-14(5-11-17)19(25)22-21-18(24)13(3)28-16-8-6-15(20)7-9-16/h4-13,23H,1-3H3,(H,21,24)(H,22,25). The van der Waals surface area contributed by atoms with Gasteiger partial charge in [0.15, 0.2) is 6.10 Å². The van der Waals surface area contributed by atoms with Crippen molar-refractivity contribution in [3.05, 3.63) is 59.9 Å². The number of sulfonamides is 1. The SMILES string of the molecule is CC(C)NS(=O)(=O)c1ccc(C(=O)NNC(=O)C(C)Oc2ccc(F)cc2)cc1. The van der Waals surface area contributed by atoms with Gasteiger partial charge in [-0.1, -0.05) is 0 Å². The Morgan fingerprint density at radius 3 is 2.07 bits per heavy atom. The Labute approximate surface area is 168 Å². The molecular formula is C19H22FN3O5S. The predicted octanol–water partition coefficient (Wildman–Crippen LogP) is 1.74. The summed E-state index contributed by atoms with van der Waals surface area (Å²) < 4.78 is 44.8. The lowest BCUT2D eigenvalue weighted by molar-refractivity contribution is -0.128. The number of nitrogens with one attached hydrogen (secondary N) is 3. The van der Waals surface area contributed by atoms with Gasteiger partial charge < -0.3 is 4.74 Å². The van der Waals surface area contributed by atoms with Crippen molar-refractivity contribution in [2.24, 2.45) is 0 Å². The van der Waals surface area contributed by atoms with Crippen LogP contribution >= 0.6 is 0 Å². The van der Waals surface area contributed by atoms with Crippen LogP contribution in [0.2, 0.25) is 0 Å². The summed E-state index contributed by atoms with van der Waals surface area (Å²) in [6, 6.07) is 10.1. The Morgan fingerprint density at radius 1 is 0.931 bits per heavy atom. The van der Waals surface area contributed by atoms with E-state index in [2.05, 4.69) is 15.6 Å². The Bertz CT molecular complexity index is 960. The van der Waals surface area contributed by atoms with E-state index in [1.54, 1.807) is 13.8 Å². The van der Waals surface area contributed by atoms with Crippen LogP contribution in [-0.4, -0.2) is 32.4 Å². The molecular weight excluding hydrogens is 401 g/mol. The third kappa shape index (κ3) is 6.54. The lowest BCUT2D eigenvalue weighted by Gasteiger charge is -2.15. The topological polar surface area (TPSA) is 114 Å². The van der Waals surface area contributed by atoms with Gasteiger partial charge in [0, 0.05) is 11.6 Å². The smallest absolute Gasteiger partial charge is 0.279 e. The van der Waals surface area contributed by atoms with Crippen LogP contribution in [0.25, 0.3) is 0 Å². The summed E-state index contributed by atoms with van der Waals surface area (Å²) in [6.07, 6.45) is -0.949. The van der Waals surface area contributed by atoms with Gasteiger partial charge in [0.25, 0.3) is 11.8 Å². The van der Waals surface area contributed by atoms with Gasteiger partial charge in [0.1, 0.15) is 11.6 Å². The van der Waals surface area contributed by atoms with Crippen molar-refractivity contribution in [2.75, 3.05) is 0 Å². The van der Waals surface area contributed by atoms with Gasteiger partial charge in [-0.25, -0.2) is 17.5 Å². The highest BCUT2D eigenvalue weighted by atomic mass is 32.2.